The van der Waals surface area contributed by atoms with Gasteiger partial charge in [-0.2, -0.15) is 0 Å². The first kappa shape index (κ1) is 15.7. The van der Waals surface area contributed by atoms with Crippen LogP contribution in [-0.2, 0) is 11.3 Å². The number of alkyl carbamates (subject to hydrolysis) is 1. The molecule has 0 unspecified atom stereocenters. The van der Waals surface area contributed by atoms with Crippen LogP contribution in [0.1, 0.15) is 39.3 Å². The van der Waals surface area contributed by atoms with Crippen molar-refractivity contribution >= 4 is 6.09 Å². The third kappa shape index (κ3) is 5.30. The predicted molar refractivity (Wildman–Crippen MR) is 79.7 cm³/mol. The second kappa shape index (κ2) is 6.85. The normalized spacial score (nSPS) is 19.5. The molecule has 6 nitrogen and oxygen atoms in total. The highest BCUT2D eigenvalue weighted by Gasteiger charge is 2.26. The van der Waals surface area contributed by atoms with E-state index in [0.29, 0.717) is 12.6 Å². The van der Waals surface area contributed by atoms with Gasteiger partial charge in [-0.1, -0.05) is 0 Å². The largest absolute Gasteiger partial charge is 0.444 e. The second-order valence-corrected chi connectivity index (χ2v) is 6.35. The fourth-order valence-corrected chi connectivity index (χ4v) is 2.47. The van der Waals surface area contributed by atoms with E-state index in [4.69, 9.17) is 4.74 Å². The number of carbonyl (C=O) groups excluding carboxylic acids is 1. The fraction of sp³-hybridized carbons (Fsp3) is 0.667. The molecule has 0 aliphatic carbocycles. The van der Waals surface area contributed by atoms with E-state index in [1.165, 1.54) is 0 Å². The van der Waals surface area contributed by atoms with E-state index in [0.717, 1.165) is 31.6 Å². The first-order valence-electron chi connectivity index (χ1n) is 7.40. The zero-order valence-corrected chi connectivity index (χ0v) is 13.0. The van der Waals surface area contributed by atoms with Crippen LogP contribution in [0.2, 0.25) is 0 Å². The molecule has 1 N–H and O–H groups in total. The number of likely N-dealkylation sites (tertiary alicyclic amines) is 1. The van der Waals surface area contributed by atoms with E-state index < -0.39 is 5.60 Å². The van der Waals surface area contributed by atoms with Crippen molar-refractivity contribution < 1.29 is 9.53 Å². The van der Waals surface area contributed by atoms with E-state index >= 15 is 0 Å². The zero-order chi connectivity index (χ0) is 15.3. The van der Waals surface area contributed by atoms with Crippen molar-refractivity contribution in [1.82, 2.24) is 20.2 Å². The average Bonchev–Trinajstić information content (AvgIpc) is 2.83. The van der Waals surface area contributed by atoms with Crippen molar-refractivity contribution in [2.24, 2.45) is 0 Å². The summed E-state index contributed by atoms with van der Waals surface area (Å²) in [5.74, 6) is 0. The molecule has 21 heavy (non-hydrogen) atoms. The molecule has 1 aromatic heterocycles. The molecule has 1 aliphatic heterocycles. The lowest BCUT2D eigenvalue weighted by molar-refractivity contribution is 0.0512. The molecule has 1 atom stereocenters. The highest BCUT2D eigenvalue weighted by Crippen LogP contribution is 2.18. The van der Waals surface area contributed by atoms with Crippen LogP contribution in [0.5, 0.6) is 0 Å². The Morgan fingerprint density at radius 2 is 2.29 bits per heavy atom. The Kier molecular flexibility index (Phi) is 5.12. The van der Waals surface area contributed by atoms with Crippen molar-refractivity contribution in [2.75, 3.05) is 13.1 Å². The number of ether oxygens (including phenoxy) is 1. The highest BCUT2D eigenvalue weighted by molar-refractivity contribution is 5.67. The summed E-state index contributed by atoms with van der Waals surface area (Å²) in [6.45, 7) is 7.99. The molecule has 0 radical (unpaired) electrons. The summed E-state index contributed by atoms with van der Waals surface area (Å²) in [5.41, 5.74) is 0.501. The van der Waals surface area contributed by atoms with Crippen LogP contribution in [0.25, 0.3) is 0 Å². The molecule has 0 aromatic carbocycles. The summed E-state index contributed by atoms with van der Waals surface area (Å²) in [6.07, 6.45) is 7.04. The number of nitrogens with zero attached hydrogens (tertiary/aromatic N) is 3. The molecule has 0 spiro atoms. The minimum Gasteiger partial charge on any atom is -0.444 e. The minimum atomic E-state index is -0.459. The van der Waals surface area contributed by atoms with Gasteiger partial charge in [-0.15, -0.1) is 0 Å². The second-order valence-electron chi connectivity index (χ2n) is 6.35. The highest BCUT2D eigenvalue weighted by atomic mass is 16.6. The summed E-state index contributed by atoms with van der Waals surface area (Å²) in [5, 5.41) is 2.86. The summed E-state index contributed by atoms with van der Waals surface area (Å²) >= 11 is 0. The number of amides is 1. The van der Waals surface area contributed by atoms with Gasteiger partial charge in [0.15, 0.2) is 0 Å². The van der Waals surface area contributed by atoms with Crippen LogP contribution in [0, 0.1) is 0 Å². The molecular formula is C15H24N4O2. The monoisotopic (exact) mass is 292 g/mol. The first-order chi connectivity index (χ1) is 9.94. The third-order valence-electron chi connectivity index (χ3n) is 3.36. The van der Waals surface area contributed by atoms with Gasteiger partial charge in [0.05, 0.1) is 5.69 Å². The van der Waals surface area contributed by atoms with Crippen molar-refractivity contribution in [3.8, 4) is 0 Å². The molecule has 1 saturated heterocycles. The Labute approximate surface area is 125 Å². The zero-order valence-electron chi connectivity index (χ0n) is 13.0. The Morgan fingerprint density at radius 1 is 1.48 bits per heavy atom. The smallest absolute Gasteiger partial charge is 0.407 e. The topological polar surface area (TPSA) is 67.3 Å². The molecule has 0 bridgehead atoms. The van der Waals surface area contributed by atoms with Gasteiger partial charge in [0.25, 0.3) is 0 Å². The summed E-state index contributed by atoms with van der Waals surface area (Å²) < 4.78 is 5.26. The Hall–Kier alpha value is -1.69. The van der Waals surface area contributed by atoms with Gasteiger partial charge in [0, 0.05) is 37.7 Å². The van der Waals surface area contributed by atoms with Gasteiger partial charge < -0.3 is 10.1 Å². The minimum absolute atomic E-state index is 0.333. The van der Waals surface area contributed by atoms with Crippen molar-refractivity contribution in [3.05, 3.63) is 24.3 Å². The van der Waals surface area contributed by atoms with Crippen molar-refractivity contribution in [1.29, 1.82) is 0 Å². The molecule has 116 valence electrons. The number of nitrogens with one attached hydrogen (secondary N) is 1. The standard InChI is InChI=1S/C15H24N4O2/c1-15(2,3)21-14(20)18-10-13-5-4-8-19(13)11-12-9-16-6-7-17-12/h6-7,9,13H,4-5,8,10-11H2,1-3H3,(H,18,20)/t13-/m1/s1. The maximum absolute atomic E-state index is 11.7. The maximum atomic E-state index is 11.7. The van der Waals surface area contributed by atoms with Crippen LogP contribution in [-0.4, -0.2) is 45.7 Å². The van der Waals surface area contributed by atoms with Crippen LogP contribution in [0.15, 0.2) is 18.6 Å². The lowest BCUT2D eigenvalue weighted by Crippen LogP contribution is -2.41. The first-order valence-corrected chi connectivity index (χ1v) is 7.40. The van der Waals surface area contributed by atoms with Gasteiger partial charge in [0.2, 0.25) is 0 Å². The van der Waals surface area contributed by atoms with E-state index in [1.807, 2.05) is 20.8 Å². The van der Waals surface area contributed by atoms with Gasteiger partial charge in [-0.25, -0.2) is 4.79 Å². The number of aromatic nitrogens is 2. The summed E-state index contributed by atoms with van der Waals surface area (Å²) in [7, 11) is 0. The molecule has 1 fully saturated rings. The van der Waals surface area contributed by atoms with Gasteiger partial charge >= 0.3 is 6.09 Å². The Morgan fingerprint density at radius 3 is 2.95 bits per heavy atom. The van der Waals surface area contributed by atoms with Crippen LogP contribution >= 0.6 is 0 Å². The van der Waals surface area contributed by atoms with Crippen LogP contribution < -0.4 is 5.32 Å². The number of hydrogen-bond acceptors (Lipinski definition) is 5. The molecule has 1 amide bonds. The molecule has 1 aliphatic rings. The van der Waals surface area contributed by atoms with Crippen LogP contribution in [0.3, 0.4) is 0 Å². The molecule has 6 heteroatoms. The molecular weight excluding hydrogens is 268 g/mol. The van der Waals surface area contributed by atoms with Crippen LogP contribution in [0.4, 0.5) is 4.79 Å². The van der Waals surface area contributed by atoms with Gasteiger partial charge in [-0.05, 0) is 40.2 Å². The van der Waals surface area contributed by atoms with E-state index in [2.05, 4.69) is 20.2 Å². The SMILES string of the molecule is CC(C)(C)OC(=O)NC[C@H]1CCCN1Cc1cnccn1. The summed E-state index contributed by atoms with van der Waals surface area (Å²) in [4.78, 5) is 22.4. The molecule has 2 heterocycles. The number of rotatable bonds is 4. The molecule has 2 rings (SSSR count). The van der Waals surface area contributed by atoms with Gasteiger partial charge in [0.1, 0.15) is 5.60 Å². The Balaban J connectivity index is 1.81. The third-order valence-corrected chi connectivity index (χ3v) is 3.36. The van der Waals surface area contributed by atoms with E-state index in [-0.39, 0.29) is 6.09 Å². The lowest BCUT2D eigenvalue weighted by atomic mass is 10.2. The fourth-order valence-electron chi connectivity index (χ4n) is 2.47. The number of hydrogen-bond donors (Lipinski definition) is 1. The average molecular weight is 292 g/mol. The lowest BCUT2D eigenvalue weighted by Gasteiger charge is -2.25. The van der Waals surface area contributed by atoms with E-state index in [9.17, 15) is 4.79 Å². The summed E-state index contributed by atoms with van der Waals surface area (Å²) in [6, 6.07) is 0.333. The van der Waals surface area contributed by atoms with Crippen molar-refractivity contribution in [3.63, 3.8) is 0 Å². The number of carbonyl (C=O) groups is 1. The van der Waals surface area contributed by atoms with Crippen molar-refractivity contribution in [2.45, 2.75) is 51.8 Å². The molecule has 1 aromatic rings. The van der Waals surface area contributed by atoms with E-state index in [1.54, 1.807) is 18.6 Å². The Bertz CT molecular complexity index is 458. The maximum Gasteiger partial charge on any atom is 0.407 e. The predicted octanol–water partition coefficient (Wildman–Crippen LogP) is 1.97. The van der Waals surface area contributed by atoms with Gasteiger partial charge in [-0.3, -0.25) is 14.9 Å². The molecule has 0 saturated carbocycles. The quantitative estimate of drug-likeness (QED) is 0.919.